The van der Waals surface area contributed by atoms with Gasteiger partial charge < -0.3 is 0 Å². The second-order valence-electron chi connectivity index (χ2n) is 5.45. The SMILES string of the molecule is Fc1ccccc1Cn1nc(-c2ncccn2)cc1-c1ccccn1. The number of nitrogens with zero attached hydrogens (tertiary/aromatic N) is 5. The molecule has 0 saturated carbocycles. The number of rotatable bonds is 4. The third kappa shape index (κ3) is 3.14. The zero-order valence-corrected chi connectivity index (χ0v) is 13.2. The maximum Gasteiger partial charge on any atom is 0.180 e. The van der Waals surface area contributed by atoms with Crippen molar-refractivity contribution in [2.75, 3.05) is 0 Å². The highest BCUT2D eigenvalue weighted by atomic mass is 19.1. The van der Waals surface area contributed by atoms with Gasteiger partial charge in [0.05, 0.1) is 17.9 Å². The van der Waals surface area contributed by atoms with Crippen LogP contribution >= 0.6 is 0 Å². The molecule has 0 aliphatic heterocycles. The third-order valence-corrected chi connectivity index (χ3v) is 3.78. The first-order valence-corrected chi connectivity index (χ1v) is 7.81. The largest absolute Gasteiger partial charge is 0.258 e. The molecule has 3 aromatic heterocycles. The van der Waals surface area contributed by atoms with Crippen LogP contribution in [-0.2, 0) is 6.54 Å². The second-order valence-corrected chi connectivity index (χ2v) is 5.45. The molecule has 25 heavy (non-hydrogen) atoms. The third-order valence-electron chi connectivity index (χ3n) is 3.78. The smallest absolute Gasteiger partial charge is 0.180 e. The highest BCUT2D eigenvalue weighted by Gasteiger charge is 2.15. The lowest BCUT2D eigenvalue weighted by Gasteiger charge is -2.08. The number of hydrogen-bond donors (Lipinski definition) is 0. The highest BCUT2D eigenvalue weighted by Crippen LogP contribution is 2.24. The van der Waals surface area contributed by atoms with E-state index in [0.717, 1.165) is 11.4 Å². The van der Waals surface area contributed by atoms with Crippen molar-refractivity contribution < 1.29 is 4.39 Å². The quantitative estimate of drug-likeness (QED) is 0.573. The minimum atomic E-state index is -0.262. The van der Waals surface area contributed by atoms with Crippen LogP contribution in [0.5, 0.6) is 0 Å². The number of halogens is 1. The molecule has 4 rings (SSSR count). The fraction of sp³-hybridized carbons (Fsp3) is 0.0526. The predicted octanol–water partition coefficient (Wildman–Crippen LogP) is 3.59. The molecule has 122 valence electrons. The lowest BCUT2D eigenvalue weighted by Crippen LogP contribution is -2.06. The van der Waals surface area contributed by atoms with Crippen LogP contribution in [0.1, 0.15) is 5.56 Å². The summed E-state index contributed by atoms with van der Waals surface area (Å²) in [5.74, 6) is 0.259. The average Bonchev–Trinajstić information content (AvgIpc) is 3.09. The van der Waals surface area contributed by atoms with Crippen molar-refractivity contribution in [1.29, 1.82) is 0 Å². The van der Waals surface area contributed by atoms with Crippen molar-refractivity contribution in [2.45, 2.75) is 6.54 Å². The molecule has 0 N–H and O–H groups in total. The van der Waals surface area contributed by atoms with Gasteiger partial charge in [0.2, 0.25) is 0 Å². The number of aromatic nitrogens is 5. The summed E-state index contributed by atoms with van der Waals surface area (Å²) in [6.07, 6.45) is 5.05. The van der Waals surface area contributed by atoms with Gasteiger partial charge in [0.15, 0.2) is 5.82 Å². The van der Waals surface area contributed by atoms with Crippen LogP contribution in [0.3, 0.4) is 0 Å². The molecule has 5 nitrogen and oxygen atoms in total. The van der Waals surface area contributed by atoms with Crippen LogP contribution in [0.15, 0.2) is 73.2 Å². The summed E-state index contributed by atoms with van der Waals surface area (Å²) in [5.41, 5.74) is 2.72. The Balaban J connectivity index is 1.81. The molecule has 1 aromatic carbocycles. The molecule has 0 bridgehead atoms. The lowest BCUT2D eigenvalue weighted by molar-refractivity contribution is 0.587. The lowest BCUT2D eigenvalue weighted by atomic mass is 10.2. The van der Waals surface area contributed by atoms with E-state index in [-0.39, 0.29) is 5.82 Å². The van der Waals surface area contributed by atoms with Gasteiger partial charge in [-0.3, -0.25) is 9.67 Å². The molecule has 0 spiro atoms. The minimum absolute atomic E-state index is 0.262. The Morgan fingerprint density at radius 3 is 2.32 bits per heavy atom. The number of hydrogen-bond acceptors (Lipinski definition) is 4. The second kappa shape index (κ2) is 6.60. The van der Waals surface area contributed by atoms with Crippen LogP contribution in [0.2, 0.25) is 0 Å². The van der Waals surface area contributed by atoms with Crippen molar-refractivity contribution >= 4 is 0 Å². The Labute approximate surface area is 143 Å². The Kier molecular flexibility index (Phi) is 4.00. The normalized spacial score (nSPS) is 10.8. The predicted molar refractivity (Wildman–Crippen MR) is 92.0 cm³/mol. The molecular weight excluding hydrogens is 317 g/mol. The summed E-state index contributed by atoms with van der Waals surface area (Å²) in [6, 6.07) is 15.9. The van der Waals surface area contributed by atoms with E-state index >= 15 is 0 Å². The van der Waals surface area contributed by atoms with Crippen molar-refractivity contribution in [2.24, 2.45) is 0 Å². The fourth-order valence-electron chi connectivity index (χ4n) is 2.59. The Morgan fingerprint density at radius 1 is 0.800 bits per heavy atom. The Morgan fingerprint density at radius 2 is 1.56 bits per heavy atom. The number of benzene rings is 1. The van der Waals surface area contributed by atoms with Crippen LogP contribution in [-0.4, -0.2) is 24.7 Å². The molecule has 0 amide bonds. The fourth-order valence-corrected chi connectivity index (χ4v) is 2.59. The summed E-state index contributed by atoms with van der Waals surface area (Å²) in [4.78, 5) is 12.9. The molecule has 4 aromatic rings. The Bertz CT molecular complexity index is 983. The van der Waals surface area contributed by atoms with Gasteiger partial charge in [-0.15, -0.1) is 0 Å². The summed E-state index contributed by atoms with van der Waals surface area (Å²) >= 11 is 0. The monoisotopic (exact) mass is 331 g/mol. The van der Waals surface area contributed by atoms with Crippen LogP contribution in [0.4, 0.5) is 4.39 Å². The van der Waals surface area contributed by atoms with E-state index in [9.17, 15) is 4.39 Å². The van der Waals surface area contributed by atoms with Gasteiger partial charge in [-0.1, -0.05) is 24.3 Å². The van der Waals surface area contributed by atoms with Crippen molar-refractivity contribution in [1.82, 2.24) is 24.7 Å². The molecule has 0 saturated heterocycles. The summed E-state index contributed by atoms with van der Waals surface area (Å²) in [6.45, 7) is 0.297. The maximum absolute atomic E-state index is 14.1. The van der Waals surface area contributed by atoms with E-state index in [1.807, 2.05) is 30.3 Å². The topological polar surface area (TPSA) is 56.5 Å². The van der Waals surface area contributed by atoms with Crippen LogP contribution in [0.25, 0.3) is 22.9 Å². The van der Waals surface area contributed by atoms with E-state index in [1.165, 1.54) is 6.07 Å². The average molecular weight is 331 g/mol. The Hall–Kier alpha value is -3.41. The van der Waals surface area contributed by atoms with E-state index in [4.69, 9.17) is 0 Å². The first-order chi connectivity index (χ1) is 12.3. The number of pyridine rings is 1. The van der Waals surface area contributed by atoms with Gasteiger partial charge in [-0.25, -0.2) is 14.4 Å². The summed E-state index contributed by atoms with van der Waals surface area (Å²) in [5, 5.41) is 4.58. The van der Waals surface area contributed by atoms with Gasteiger partial charge in [-0.05, 0) is 30.3 Å². The molecule has 0 unspecified atom stereocenters. The molecule has 0 radical (unpaired) electrons. The maximum atomic E-state index is 14.1. The summed E-state index contributed by atoms with van der Waals surface area (Å²) in [7, 11) is 0. The molecule has 6 heteroatoms. The van der Waals surface area contributed by atoms with Crippen molar-refractivity contribution in [3.63, 3.8) is 0 Å². The first-order valence-electron chi connectivity index (χ1n) is 7.81. The molecule has 0 fully saturated rings. The van der Waals surface area contributed by atoms with Gasteiger partial charge in [0.1, 0.15) is 11.5 Å². The van der Waals surface area contributed by atoms with Gasteiger partial charge in [0, 0.05) is 24.2 Å². The summed E-state index contributed by atoms with van der Waals surface area (Å²) < 4.78 is 15.8. The molecular formula is C19H14FN5. The van der Waals surface area contributed by atoms with Gasteiger partial charge in [0.25, 0.3) is 0 Å². The first kappa shape index (κ1) is 15.1. The van der Waals surface area contributed by atoms with Crippen molar-refractivity contribution in [3.05, 3.63) is 84.6 Å². The van der Waals surface area contributed by atoms with E-state index in [2.05, 4.69) is 20.1 Å². The molecule has 0 atom stereocenters. The van der Waals surface area contributed by atoms with E-state index in [1.54, 1.807) is 41.5 Å². The highest BCUT2D eigenvalue weighted by molar-refractivity contribution is 5.62. The standard InChI is InChI=1S/C19H14FN5/c20-15-7-2-1-6-14(15)13-25-18(16-8-3-4-9-21-16)12-17(24-25)19-22-10-5-11-23-19/h1-12H,13H2. The van der Waals surface area contributed by atoms with Gasteiger partial charge in [-0.2, -0.15) is 5.10 Å². The molecule has 0 aliphatic carbocycles. The van der Waals surface area contributed by atoms with Gasteiger partial charge >= 0.3 is 0 Å². The molecule has 3 heterocycles. The van der Waals surface area contributed by atoms with Crippen molar-refractivity contribution in [3.8, 4) is 22.9 Å². The molecule has 0 aliphatic rings. The van der Waals surface area contributed by atoms with Crippen LogP contribution < -0.4 is 0 Å². The zero-order chi connectivity index (χ0) is 17.1. The van der Waals surface area contributed by atoms with Crippen LogP contribution in [0, 0.1) is 5.82 Å². The minimum Gasteiger partial charge on any atom is -0.258 e. The zero-order valence-electron chi connectivity index (χ0n) is 13.2. The van der Waals surface area contributed by atoms with E-state index < -0.39 is 0 Å². The van der Waals surface area contributed by atoms with E-state index in [0.29, 0.717) is 23.6 Å².